The lowest BCUT2D eigenvalue weighted by Gasteiger charge is -2.22. The van der Waals surface area contributed by atoms with Crippen LogP contribution in [0.1, 0.15) is 25.8 Å². The number of aromatic nitrogens is 2. The number of hydrogen-bond donors (Lipinski definition) is 2. The molecule has 0 spiro atoms. The van der Waals surface area contributed by atoms with Gasteiger partial charge in [0, 0.05) is 25.9 Å². The van der Waals surface area contributed by atoms with E-state index >= 15 is 0 Å². The fourth-order valence-corrected chi connectivity index (χ4v) is 1.85. The van der Waals surface area contributed by atoms with Gasteiger partial charge in [-0.25, -0.2) is 9.59 Å². The van der Waals surface area contributed by atoms with Gasteiger partial charge in [-0.3, -0.25) is 4.68 Å². The number of aliphatic carboxylic acids is 1. The van der Waals surface area contributed by atoms with Crippen molar-refractivity contribution >= 4 is 12.0 Å². The highest BCUT2D eigenvalue weighted by Gasteiger charge is 2.22. The Kier molecular flexibility index (Phi) is 5.54. The van der Waals surface area contributed by atoms with Gasteiger partial charge in [0.25, 0.3) is 0 Å². The third kappa shape index (κ3) is 4.91. The molecule has 0 saturated heterocycles. The van der Waals surface area contributed by atoms with Gasteiger partial charge < -0.3 is 15.3 Å². The summed E-state index contributed by atoms with van der Waals surface area (Å²) >= 11 is 0. The molecule has 1 aromatic heterocycles. The van der Waals surface area contributed by atoms with Gasteiger partial charge in [-0.05, 0) is 12.3 Å². The molecular weight excluding hydrogens is 260 g/mol. The summed E-state index contributed by atoms with van der Waals surface area (Å²) in [5, 5.41) is 15.7. The van der Waals surface area contributed by atoms with E-state index < -0.39 is 18.0 Å². The van der Waals surface area contributed by atoms with Gasteiger partial charge in [-0.2, -0.15) is 5.10 Å². The number of carboxylic acids is 1. The van der Waals surface area contributed by atoms with Crippen LogP contribution in [0.2, 0.25) is 0 Å². The quantitative estimate of drug-likeness (QED) is 0.816. The van der Waals surface area contributed by atoms with Gasteiger partial charge in [0.1, 0.15) is 6.04 Å². The molecule has 1 heterocycles. The number of aryl methyl sites for hydroxylation is 1. The standard InChI is InChI=1S/C13H22N4O3/c1-9(2)5-11(12(18)19)15-13(20)16(3)7-10-6-14-17(4)8-10/h6,8-9,11H,5,7H2,1-4H3,(H,15,20)(H,18,19). The Morgan fingerprint density at radius 3 is 2.60 bits per heavy atom. The predicted molar refractivity (Wildman–Crippen MR) is 74.1 cm³/mol. The Labute approximate surface area is 118 Å². The van der Waals surface area contributed by atoms with Gasteiger partial charge in [0.05, 0.1) is 12.7 Å². The van der Waals surface area contributed by atoms with E-state index in [1.807, 2.05) is 20.0 Å². The molecule has 0 aromatic carbocycles. The average molecular weight is 282 g/mol. The van der Waals surface area contributed by atoms with Crippen LogP contribution in [0.25, 0.3) is 0 Å². The maximum Gasteiger partial charge on any atom is 0.326 e. The topological polar surface area (TPSA) is 87.5 Å². The van der Waals surface area contributed by atoms with Crippen LogP contribution in [0.4, 0.5) is 4.79 Å². The first kappa shape index (κ1) is 16.0. The van der Waals surface area contributed by atoms with E-state index in [2.05, 4.69) is 10.4 Å². The second-order valence-electron chi connectivity index (χ2n) is 5.35. The first-order chi connectivity index (χ1) is 9.29. The van der Waals surface area contributed by atoms with Crippen LogP contribution in [-0.4, -0.2) is 44.9 Å². The number of nitrogens with zero attached hydrogens (tertiary/aromatic N) is 3. The van der Waals surface area contributed by atoms with Crippen molar-refractivity contribution in [1.29, 1.82) is 0 Å². The van der Waals surface area contributed by atoms with Crippen molar-refractivity contribution in [1.82, 2.24) is 20.0 Å². The van der Waals surface area contributed by atoms with Gasteiger partial charge >= 0.3 is 12.0 Å². The Morgan fingerprint density at radius 2 is 2.15 bits per heavy atom. The normalized spacial score (nSPS) is 12.2. The Bertz CT molecular complexity index is 470. The van der Waals surface area contributed by atoms with E-state index in [0.717, 1.165) is 5.56 Å². The summed E-state index contributed by atoms with van der Waals surface area (Å²) in [4.78, 5) is 24.5. The Hall–Kier alpha value is -2.05. The summed E-state index contributed by atoms with van der Waals surface area (Å²) < 4.78 is 1.65. The summed E-state index contributed by atoms with van der Waals surface area (Å²) in [6.07, 6.45) is 3.89. The monoisotopic (exact) mass is 282 g/mol. The highest BCUT2D eigenvalue weighted by atomic mass is 16.4. The molecule has 0 aliphatic rings. The van der Waals surface area contributed by atoms with Crippen LogP contribution in [-0.2, 0) is 18.4 Å². The second-order valence-corrected chi connectivity index (χ2v) is 5.35. The lowest BCUT2D eigenvalue weighted by molar-refractivity contribution is -0.139. The van der Waals surface area contributed by atoms with Crippen molar-refractivity contribution in [2.24, 2.45) is 13.0 Å². The van der Waals surface area contributed by atoms with Crippen molar-refractivity contribution < 1.29 is 14.7 Å². The summed E-state index contributed by atoms with van der Waals surface area (Å²) in [5.41, 5.74) is 0.890. The molecule has 0 aliphatic carbocycles. The number of hydrogen-bond acceptors (Lipinski definition) is 3. The van der Waals surface area contributed by atoms with Crippen LogP contribution < -0.4 is 5.32 Å². The summed E-state index contributed by atoms with van der Waals surface area (Å²) in [6, 6.07) is -1.26. The van der Waals surface area contributed by atoms with Crippen LogP contribution in [0, 0.1) is 5.92 Å². The van der Waals surface area contributed by atoms with Crippen molar-refractivity contribution in [3.05, 3.63) is 18.0 Å². The van der Waals surface area contributed by atoms with Crippen molar-refractivity contribution in [2.75, 3.05) is 7.05 Å². The summed E-state index contributed by atoms with van der Waals surface area (Å²) in [7, 11) is 3.42. The molecule has 0 radical (unpaired) electrons. The zero-order valence-electron chi connectivity index (χ0n) is 12.3. The van der Waals surface area contributed by atoms with Crippen LogP contribution >= 0.6 is 0 Å². The minimum atomic E-state index is -1.01. The largest absolute Gasteiger partial charge is 0.480 e. The summed E-state index contributed by atoms with van der Waals surface area (Å²) in [5.74, 6) is -0.818. The van der Waals surface area contributed by atoms with Crippen LogP contribution in [0.15, 0.2) is 12.4 Å². The number of rotatable bonds is 6. The third-order valence-electron chi connectivity index (χ3n) is 2.83. The molecule has 1 unspecified atom stereocenters. The number of carboxylic acid groups (broad SMARTS) is 1. The van der Waals surface area contributed by atoms with Crippen molar-refractivity contribution in [3.8, 4) is 0 Å². The zero-order chi connectivity index (χ0) is 15.3. The molecule has 112 valence electrons. The van der Waals surface area contributed by atoms with E-state index in [9.17, 15) is 9.59 Å². The molecule has 7 nitrogen and oxygen atoms in total. The Morgan fingerprint density at radius 1 is 1.50 bits per heavy atom. The smallest absolute Gasteiger partial charge is 0.326 e. The third-order valence-corrected chi connectivity index (χ3v) is 2.83. The van der Waals surface area contributed by atoms with E-state index in [0.29, 0.717) is 13.0 Å². The number of carbonyl (C=O) groups is 2. The first-order valence-corrected chi connectivity index (χ1v) is 6.51. The number of amides is 2. The van der Waals surface area contributed by atoms with Crippen LogP contribution in [0.3, 0.4) is 0 Å². The molecule has 20 heavy (non-hydrogen) atoms. The van der Waals surface area contributed by atoms with E-state index in [1.54, 1.807) is 25.0 Å². The van der Waals surface area contributed by atoms with Crippen LogP contribution in [0.5, 0.6) is 0 Å². The number of nitrogens with one attached hydrogen (secondary N) is 1. The second kappa shape index (κ2) is 6.93. The zero-order valence-corrected chi connectivity index (χ0v) is 12.3. The number of carbonyl (C=O) groups excluding carboxylic acids is 1. The van der Waals surface area contributed by atoms with E-state index in [1.165, 1.54) is 4.90 Å². The van der Waals surface area contributed by atoms with E-state index in [-0.39, 0.29) is 5.92 Å². The van der Waals surface area contributed by atoms with E-state index in [4.69, 9.17) is 5.11 Å². The molecule has 2 amide bonds. The molecule has 7 heteroatoms. The molecule has 0 saturated carbocycles. The highest BCUT2D eigenvalue weighted by Crippen LogP contribution is 2.07. The van der Waals surface area contributed by atoms with Crippen molar-refractivity contribution in [3.63, 3.8) is 0 Å². The molecule has 1 rings (SSSR count). The fraction of sp³-hybridized carbons (Fsp3) is 0.615. The van der Waals surface area contributed by atoms with Gasteiger partial charge in [0.15, 0.2) is 0 Å². The average Bonchev–Trinajstić information content (AvgIpc) is 2.72. The SMILES string of the molecule is CC(C)CC(NC(=O)N(C)Cc1cnn(C)c1)C(=O)O. The summed E-state index contributed by atoms with van der Waals surface area (Å²) in [6.45, 7) is 4.22. The van der Waals surface area contributed by atoms with Crippen molar-refractivity contribution in [2.45, 2.75) is 32.9 Å². The maximum absolute atomic E-state index is 12.0. The molecule has 0 fully saturated rings. The maximum atomic E-state index is 12.0. The molecular formula is C13H22N4O3. The van der Waals surface area contributed by atoms with Gasteiger partial charge in [-0.15, -0.1) is 0 Å². The Balaban J connectivity index is 2.57. The molecule has 1 atom stereocenters. The van der Waals surface area contributed by atoms with Gasteiger partial charge in [-0.1, -0.05) is 13.8 Å². The molecule has 0 aliphatic heterocycles. The predicted octanol–water partition coefficient (Wildman–Crippen LogP) is 1.06. The first-order valence-electron chi connectivity index (χ1n) is 6.51. The molecule has 2 N–H and O–H groups in total. The minimum Gasteiger partial charge on any atom is -0.480 e. The fourth-order valence-electron chi connectivity index (χ4n) is 1.85. The highest BCUT2D eigenvalue weighted by molar-refractivity contribution is 5.82. The lowest BCUT2D eigenvalue weighted by Crippen LogP contribution is -2.46. The number of urea groups is 1. The molecule has 0 bridgehead atoms. The van der Waals surface area contributed by atoms with Gasteiger partial charge in [0.2, 0.25) is 0 Å². The lowest BCUT2D eigenvalue weighted by atomic mass is 10.0. The molecule has 1 aromatic rings. The minimum absolute atomic E-state index is 0.194.